The summed E-state index contributed by atoms with van der Waals surface area (Å²) in [6, 6.07) is 2.21. The van der Waals surface area contributed by atoms with Gasteiger partial charge in [-0.25, -0.2) is 0 Å². The van der Waals surface area contributed by atoms with Crippen molar-refractivity contribution < 1.29 is 4.42 Å². The maximum atomic E-state index is 6.00. The zero-order chi connectivity index (χ0) is 15.2. The van der Waals surface area contributed by atoms with Crippen molar-refractivity contribution in [3.8, 4) is 0 Å². The summed E-state index contributed by atoms with van der Waals surface area (Å²) >= 11 is 0. The molecular weight excluding hydrogens is 262 g/mol. The van der Waals surface area contributed by atoms with Crippen molar-refractivity contribution in [2.24, 2.45) is 5.92 Å². The zero-order valence-electron chi connectivity index (χ0n) is 14.1. The predicted octanol–water partition coefficient (Wildman–Crippen LogP) is 2.47. The van der Waals surface area contributed by atoms with E-state index in [-0.39, 0.29) is 0 Å². The van der Waals surface area contributed by atoms with Crippen LogP contribution in [0.25, 0.3) is 0 Å². The molecule has 0 atom stereocenters. The molecule has 1 aliphatic heterocycles. The molecular formula is C17H31N3O. The molecule has 0 spiro atoms. The lowest BCUT2D eigenvalue weighted by Crippen LogP contribution is -2.36. The molecule has 2 heterocycles. The van der Waals surface area contributed by atoms with E-state index in [1.807, 2.05) is 0 Å². The second kappa shape index (κ2) is 7.97. The molecule has 1 aromatic rings. The van der Waals surface area contributed by atoms with Gasteiger partial charge < -0.3 is 14.6 Å². The summed E-state index contributed by atoms with van der Waals surface area (Å²) in [4.78, 5) is 4.84. The molecule has 0 aliphatic carbocycles. The van der Waals surface area contributed by atoms with E-state index in [2.05, 4.69) is 49.1 Å². The fraction of sp³-hybridized carbons (Fsp3) is 0.765. The van der Waals surface area contributed by atoms with Crippen LogP contribution in [-0.2, 0) is 13.1 Å². The van der Waals surface area contributed by atoms with Crippen molar-refractivity contribution in [1.29, 1.82) is 0 Å². The molecule has 0 aromatic carbocycles. The van der Waals surface area contributed by atoms with Crippen LogP contribution in [0.5, 0.6) is 0 Å². The Morgan fingerprint density at radius 3 is 2.67 bits per heavy atom. The van der Waals surface area contributed by atoms with E-state index in [9.17, 15) is 0 Å². The molecule has 21 heavy (non-hydrogen) atoms. The number of aryl methyl sites for hydroxylation is 1. The Labute approximate surface area is 129 Å². The van der Waals surface area contributed by atoms with Crippen LogP contribution in [0, 0.1) is 12.8 Å². The van der Waals surface area contributed by atoms with E-state index in [0.717, 1.165) is 37.1 Å². The van der Waals surface area contributed by atoms with E-state index in [0.29, 0.717) is 0 Å². The van der Waals surface area contributed by atoms with Crippen LogP contribution in [0.3, 0.4) is 0 Å². The Morgan fingerprint density at radius 1 is 1.33 bits per heavy atom. The first-order valence-corrected chi connectivity index (χ1v) is 8.24. The molecule has 120 valence electrons. The number of nitrogens with zero attached hydrogens (tertiary/aromatic N) is 2. The van der Waals surface area contributed by atoms with Crippen molar-refractivity contribution in [1.82, 2.24) is 15.1 Å². The molecule has 0 amide bonds. The highest BCUT2D eigenvalue weighted by Crippen LogP contribution is 2.21. The molecule has 0 bridgehead atoms. The monoisotopic (exact) mass is 293 g/mol. The van der Waals surface area contributed by atoms with Crippen molar-refractivity contribution in [2.45, 2.75) is 39.8 Å². The van der Waals surface area contributed by atoms with E-state index in [1.54, 1.807) is 0 Å². The van der Waals surface area contributed by atoms with Gasteiger partial charge in [-0.15, -0.1) is 0 Å². The van der Waals surface area contributed by atoms with Gasteiger partial charge in [0.2, 0.25) is 0 Å². The van der Waals surface area contributed by atoms with Crippen LogP contribution in [0.2, 0.25) is 0 Å². The molecule has 1 aliphatic rings. The van der Waals surface area contributed by atoms with Crippen molar-refractivity contribution in [3.05, 3.63) is 23.2 Å². The van der Waals surface area contributed by atoms with Crippen molar-refractivity contribution in [2.75, 3.05) is 40.3 Å². The Balaban J connectivity index is 1.80. The second-order valence-corrected chi connectivity index (χ2v) is 6.58. The maximum absolute atomic E-state index is 6.00. The first-order valence-electron chi connectivity index (χ1n) is 8.24. The molecule has 1 aromatic heterocycles. The minimum absolute atomic E-state index is 0.841. The van der Waals surface area contributed by atoms with Crippen LogP contribution in [0.1, 0.15) is 36.8 Å². The first kappa shape index (κ1) is 16.5. The normalized spacial score (nSPS) is 17.8. The lowest BCUT2D eigenvalue weighted by Gasteiger charge is -2.32. The van der Waals surface area contributed by atoms with Gasteiger partial charge in [0.05, 0.1) is 13.1 Å². The molecule has 2 rings (SSSR count). The van der Waals surface area contributed by atoms with E-state index in [4.69, 9.17) is 4.42 Å². The van der Waals surface area contributed by atoms with Gasteiger partial charge in [0.25, 0.3) is 0 Å². The number of likely N-dealkylation sites (tertiary alicyclic amines) is 1. The maximum Gasteiger partial charge on any atom is 0.120 e. The van der Waals surface area contributed by atoms with Gasteiger partial charge in [-0.3, -0.25) is 4.90 Å². The van der Waals surface area contributed by atoms with Gasteiger partial charge in [0.1, 0.15) is 11.5 Å². The van der Waals surface area contributed by atoms with Crippen molar-refractivity contribution in [3.63, 3.8) is 0 Å². The van der Waals surface area contributed by atoms with Crippen LogP contribution >= 0.6 is 0 Å². The molecule has 0 saturated carbocycles. The highest BCUT2D eigenvalue weighted by Gasteiger charge is 2.20. The lowest BCUT2D eigenvalue weighted by molar-refractivity contribution is 0.148. The summed E-state index contributed by atoms with van der Waals surface area (Å²) in [5.74, 6) is 3.07. The summed E-state index contributed by atoms with van der Waals surface area (Å²) in [5.41, 5.74) is 1.27. The van der Waals surface area contributed by atoms with Crippen LogP contribution in [-0.4, -0.2) is 50.1 Å². The fourth-order valence-electron chi connectivity index (χ4n) is 3.15. The summed E-state index contributed by atoms with van der Waals surface area (Å²) in [6.07, 6.45) is 2.62. The average molecular weight is 293 g/mol. The van der Waals surface area contributed by atoms with Gasteiger partial charge in [-0.05, 0) is 71.0 Å². The van der Waals surface area contributed by atoms with Crippen LogP contribution in [0.15, 0.2) is 10.5 Å². The Bertz CT molecular complexity index is 420. The SMILES string of the molecule is CCNCc1oc(CN2CCC(CN(C)C)CC2)cc1C. The summed E-state index contributed by atoms with van der Waals surface area (Å²) in [7, 11) is 4.34. The van der Waals surface area contributed by atoms with E-state index in [1.165, 1.54) is 38.0 Å². The summed E-state index contributed by atoms with van der Waals surface area (Å²) in [5, 5.41) is 3.33. The molecule has 1 saturated heterocycles. The van der Waals surface area contributed by atoms with Crippen LogP contribution < -0.4 is 5.32 Å². The Hall–Kier alpha value is -0.840. The highest BCUT2D eigenvalue weighted by atomic mass is 16.3. The summed E-state index contributed by atoms with van der Waals surface area (Å²) in [6.45, 7) is 10.7. The summed E-state index contributed by atoms with van der Waals surface area (Å²) < 4.78 is 6.00. The van der Waals surface area contributed by atoms with E-state index < -0.39 is 0 Å². The number of furan rings is 1. The number of hydrogen-bond acceptors (Lipinski definition) is 4. The predicted molar refractivity (Wildman–Crippen MR) is 87.4 cm³/mol. The first-order chi connectivity index (χ1) is 10.1. The molecule has 1 N–H and O–H groups in total. The number of rotatable bonds is 7. The zero-order valence-corrected chi connectivity index (χ0v) is 14.1. The standard InChI is InChI=1S/C17H31N3O/c1-5-18-11-17-14(2)10-16(21-17)13-20-8-6-15(7-9-20)12-19(3)4/h10,15,18H,5-9,11-13H2,1-4H3. The quantitative estimate of drug-likeness (QED) is 0.837. The second-order valence-electron chi connectivity index (χ2n) is 6.58. The van der Waals surface area contributed by atoms with Gasteiger partial charge >= 0.3 is 0 Å². The molecule has 0 unspecified atom stereocenters. The topological polar surface area (TPSA) is 31.7 Å². The van der Waals surface area contributed by atoms with Gasteiger partial charge in [-0.1, -0.05) is 6.92 Å². The van der Waals surface area contributed by atoms with Crippen molar-refractivity contribution >= 4 is 0 Å². The van der Waals surface area contributed by atoms with Gasteiger partial charge in [0, 0.05) is 6.54 Å². The third-order valence-corrected chi connectivity index (χ3v) is 4.32. The Morgan fingerprint density at radius 2 is 2.05 bits per heavy atom. The minimum Gasteiger partial charge on any atom is -0.463 e. The lowest BCUT2D eigenvalue weighted by atomic mass is 9.96. The fourth-order valence-corrected chi connectivity index (χ4v) is 3.15. The molecule has 4 heteroatoms. The minimum atomic E-state index is 0.841. The number of hydrogen-bond donors (Lipinski definition) is 1. The number of nitrogens with one attached hydrogen (secondary N) is 1. The van der Waals surface area contributed by atoms with Gasteiger partial charge in [0.15, 0.2) is 0 Å². The molecule has 4 nitrogen and oxygen atoms in total. The molecule has 0 radical (unpaired) electrons. The molecule has 1 fully saturated rings. The van der Waals surface area contributed by atoms with E-state index >= 15 is 0 Å². The van der Waals surface area contributed by atoms with Gasteiger partial charge in [-0.2, -0.15) is 0 Å². The highest BCUT2D eigenvalue weighted by molar-refractivity contribution is 5.20. The Kier molecular flexibility index (Phi) is 6.27. The smallest absolute Gasteiger partial charge is 0.120 e. The number of piperidine rings is 1. The average Bonchev–Trinajstić information content (AvgIpc) is 2.78. The third-order valence-electron chi connectivity index (χ3n) is 4.32. The third kappa shape index (κ3) is 5.13. The van der Waals surface area contributed by atoms with Crippen LogP contribution in [0.4, 0.5) is 0 Å². The largest absolute Gasteiger partial charge is 0.463 e.